The second kappa shape index (κ2) is 6.88. The average Bonchev–Trinajstić information content (AvgIpc) is 3.34. The van der Waals surface area contributed by atoms with Crippen LogP contribution in [0, 0.1) is 11.8 Å². The fourth-order valence-electron chi connectivity index (χ4n) is 4.35. The molecule has 7 nitrogen and oxygen atoms in total. The number of carbonyl (C=O) groups excluding carboxylic acids is 2. The van der Waals surface area contributed by atoms with Crippen LogP contribution in [0.25, 0.3) is 0 Å². The van der Waals surface area contributed by atoms with Crippen LogP contribution in [0.1, 0.15) is 23.3 Å². The Morgan fingerprint density at radius 3 is 2.52 bits per heavy atom. The molecule has 2 fully saturated rings. The zero-order valence-electron chi connectivity index (χ0n) is 15.1. The van der Waals surface area contributed by atoms with Gasteiger partial charge in [-0.1, -0.05) is 17.7 Å². The molecule has 1 saturated carbocycles. The molecule has 0 spiro atoms. The predicted octanol–water partition coefficient (Wildman–Crippen LogP) is 2.45. The molecule has 1 aliphatic heterocycles. The number of hydrogen-bond donors (Lipinski definition) is 1. The Morgan fingerprint density at radius 2 is 1.93 bits per heavy atom. The van der Waals surface area contributed by atoms with Crippen molar-refractivity contribution in [3.63, 3.8) is 0 Å². The fraction of sp³-hybridized carbons (Fsp3) is 0.421. The molecular weight excluding hydrogens is 366 g/mol. The monoisotopic (exact) mass is 387 g/mol. The summed E-state index contributed by atoms with van der Waals surface area (Å²) in [7, 11) is 2.11. The minimum absolute atomic E-state index is 0.103. The van der Waals surface area contributed by atoms with Crippen LogP contribution < -0.4 is 10.6 Å². The van der Waals surface area contributed by atoms with E-state index in [4.69, 9.17) is 17.3 Å². The Kier molecular flexibility index (Phi) is 4.55. The summed E-state index contributed by atoms with van der Waals surface area (Å²) in [6.45, 7) is 1.43. The highest BCUT2D eigenvalue weighted by Crippen LogP contribution is 2.41. The van der Waals surface area contributed by atoms with E-state index in [1.165, 1.54) is 16.9 Å². The molecule has 2 N–H and O–H groups in total. The zero-order chi connectivity index (χ0) is 19.1. The van der Waals surface area contributed by atoms with E-state index in [9.17, 15) is 9.59 Å². The number of amides is 2. The normalized spacial score (nSPS) is 24.1. The van der Waals surface area contributed by atoms with Crippen molar-refractivity contribution in [1.29, 1.82) is 0 Å². The van der Waals surface area contributed by atoms with E-state index in [2.05, 4.69) is 23.1 Å². The van der Waals surface area contributed by atoms with Gasteiger partial charge in [-0.3, -0.25) is 4.79 Å². The lowest BCUT2D eigenvalue weighted by Gasteiger charge is -2.28. The maximum absolute atomic E-state index is 12.6. The average molecular weight is 388 g/mol. The highest BCUT2D eigenvalue weighted by Gasteiger charge is 2.44. The van der Waals surface area contributed by atoms with Gasteiger partial charge in [0.25, 0.3) is 5.91 Å². The van der Waals surface area contributed by atoms with Crippen LogP contribution in [0.2, 0.25) is 5.02 Å². The van der Waals surface area contributed by atoms with E-state index >= 15 is 0 Å². The molecule has 0 bridgehead atoms. The van der Waals surface area contributed by atoms with Crippen molar-refractivity contribution in [2.75, 3.05) is 25.0 Å². The third kappa shape index (κ3) is 3.39. The van der Waals surface area contributed by atoms with Gasteiger partial charge in [-0.15, -0.1) is 0 Å². The smallest absolute Gasteiger partial charge is 0.344 e. The number of rotatable bonds is 3. The number of benzene rings is 1. The van der Waals surface area contributed by atoms with E-state index in [0.717, 1.165) is 36.6 Å². The summed E-state index contributed by atoms with van der Waals surface area (Å²) in [6, 6.07) is 9.62. The molecule has 0 radical (unpaired) electrons. The molecule has 4 rings (SSSR count). The minimum Gasteiger partial charge on any atom is -0.372 e. The number of hydrogen-bond acceptors (Lipinski definition) is 4. The topological polar surface area (TPSA) is 84.5 Å². The third-order valence-corrected chi connectivity index (χ3v) is 6.03. The standard InChI is InChI=1S/C19H22ClN5O2/c1-23(15-4-2-3-14(20)9-15)16-7-12-10-24(11-13(12)8-16)19(27)25-6-5-17(22-25)18(21)26/h2-6,9,12-13,16H,7-8,10-11H2,1H3,(H2,21,26)/t12-,13+,16+. The van der Waals surface area contributed by atoms with Crippen LogP contribution in [0.15, 0.2) is 36.5 Å². The number of aromatic nitrogens is 2. The molecule has 1 aromatic carbocycles. The van der Waals surface area contributed by atoms with Crippen molar-refractivity contribution in [3.05, 3.63) is 47.2 Å². The lowest BCUT2D eigenvalue weighted by atomic mass is 10.0. The SMILES string of the molecule is CN(c1cccc(Cl)c1)[C@H]1C[C@@H]2CN(C(=O)n3ccc(C(N)=O)n3)C[C@@H]2C1. The summed E-state index contributed by atoms with van der Waals surface area (Å²) in [5, 5.41) is 4.71. The first-order valence-corrected chi connectivity index (χ1v) is 9.43. The lowest BCUT2D eigenvalue weighted by Crippen LogP contribution is -2.36. The van der Waals surface area contributed by atoms with Gasteiger partial charge in [-0.2, -0.15) is 9.78 Å². The first-order chi connectivity index (χ1) is 12.9. The molecule has 8 heteroatoms. The fourth-order valence-corrected chi connectivity index (χ4v) is 4.54. The van der Waals surface area contributed by atoms with E-state index < -0.39 is 5.91 Å². The Labute approximate surface area is 162 Å². The van der Waals surface area contributed by atoms with E-state index in [1.54, 1.807) is 0 Å². The molecule has 3 atom stereocenters. The van der Waals surface area contributed by atoms with Crippen molar-refractivity contribution in [2.24, 2.45) is 17.6 Å². The predicted molar refractivity (Wildman–Crippen MR) is 103 cm³/mol. The van der Waals surface area contributed by atoms with Crippen LogP contribution in [0.4, 0.5) is 10.5 Å². The maximum atomic E-state index is 12.6. The lowest BCUT2D eigenvalue weighted by molar-refractivity contribution is 0.0995. The number of fused-ring (bicyclic) bond motifs is 1. The number of anilines is 1. The number of primary amides is 1. The summed E-state index contributed by atoms with van der Waals surface area (Å²) in [6.07, 6.45) is 3.58. The van der Waals surface area contributed by atoms with Gasteiger partial charge >= 0.3 is 6.03 Å². The van der Waals surface area contributed by atoms with Crippen molar-refractivity contribution in [2.45, 2.75) is 18.9 Å². The molecule has 2 aromatic rings. The van der Waals surface area contributed by atoms with E-state index in [-0.39, 0.29) is 11.7 Å². The van der Waals surface area contributed by atoms with Crippen molar-refractivity contribution >= 4 is 29.2 Å². The molecule has 1 aromatic heterocycles. The summed E-state index contributed by atoms with van der Waals surface area (Å²) in [5.41, 5.74) is 6.43. The van der Waals surface area contributed by atoms with Gasteiger partial charge in [0, 0.05) is 43.1 Å². The van der Waals surface area contributed by atoms with E-state index in [0.29, 0.717) is 17.9 Å². The molecular formula is C19H22ClN5O2. The molecule has 142 valence electrons. The van der Waals surface area contributed by atoms with Gasteiger partial charge in [-0.05, 0) is 48.9 Å². The zero-order valence-corrected chi connectivity index (χ0v) is 15.8. The van der Waals surface area contributed by atoms with Gasteiger partial charge in [-0.25, -0.2) is 4.79 Å². The largest absolute Gasteiger partial charge is 0.372 e. The number of halogens is 1. The third-order valence-electron chi connectivity index (χ3n) is 5.80. The Balaban J connectivity index is 1.39. The van der Waals surface area contributed by atoms with Gasteiger partial charge in [0.15, 0.2) is 5.69 Å². The van der Waals surface area contributed by atoms with Crippen LogP contribution >= 0.6 is 11.6 Å². The van der Waals surface area contributed by atoms with E-state index in [1.807, 2.05) is 23.1 Å². The number of likely N-dealkylation sites (tertiary alicyclic amines) is 1. The molecule has 2 amide bonds. The maximum Gasteiger partial charge on any atom is 0.344 e. The summed E-state index contributed by atoms with van der Waals surface area (Å²) in [4.78, 5) is 27.9. The van der Waals surface area contributed by atoms with Crippen molar-refractivity contribution in [1.82, 2.24) is 14.7 Å². The van der Waals surface area contributed by atoms with Gasteiger partial charge < -0.3 is 15.5 Å². The minimum atomic E-state index is -0.633. The molecule has 27 heavy (non-hydrogen) atoms. The van der Waals surface area contributed by atoms with Gasteiger partial charge in [0.05, 0.1) is 0 Å². The molecule has 1 saturated heterocycles. The van der Waals surface area contributed by atoms with Gasteiger partial charge in [0.2, 0.25) is 0 Å². The number of carbonyl (C=O) groups is 2. The Bertz CT molecular complexity index is 868. The quantitative estimate of drug-likeness (QED) is 0.876. The Morgan fingerprint density at radius 1 is 1.22 bits per heavy atom. The molecule has 1 aliphatic carbocycles. The van der Waals surface area contributed by atoms with Crippen LogP contribution in [-0.4, -0.2) is 52.8 Å². The number of nitrogens with two attached hydrogens (primary N) is 1. The summed E-state index contributed by atoms with van der Waals surface area (Å²) >= 11 is 6.12. The molecule has 0 unspecified atom stereocenters. The highest BCUT2D eigenvalue weighted by atomic mass is 35.5. The molecule has 2 heterocycles. The molecule has 2 aliphatic rings. The van der Waals surface area contributed by atoms with Crippen molar-refractivity contribution in [3.8, 4) is 0 Å². The first kappa shape index (κ1) is 17.9. The number of nitrogens with zero attached hydrogens (tertiary/aromatic N) is 4. The second-order valence-electron chi connectivity index (χ2n) is 7.43. The summed E-state index contributed by atoms with van der Waals surface area (Å²) < 4.78 is 1.21. The van der Waals surface area contributed by atoms with Crippen LogP contribution in [-0.2, 0) is 0 Å². The Hall–Kier alpha value is -2.54. The second-order valence-corrected chi connectivity index (χ2v) is 7.87. The first-order valence-electron chi connectivity index (χ1n) is 9.05. The van der Waals surface area contributed by atoms with Crippen LogP contribution in [0.5, 0.6) is 0 Å². The van der Waals surface area contributed by atoms with Gasteiger partial charge in [0.1, 0.15) is 0 Å². The highest BCUT2D eigenvalue weighted by molar-refractivity contribution is 6.30. The van der Waals surface area contributed by atoms with Crippen LogP contribution in [0.3, 0.4) is 0 Å². The summed E-state index contributed by atoms with van der Waals surface area (Å²) in [5.74, 6) is 0.324. The van der Waals surface area contributed by atoms with Crippen molar-refractivity contribution < 1.29 is 9.59 Å².